The van der Waals surface area contributed by atoms with Gasteiger partial charge in [-0.25, -0.2) is 0 Å². The van der Waals surface area contributed by atoms with Crippen LogP contribution in [0.1, 0.15) is 20.8 Å². The topological polar surface area (TPSA) is 0 Å². The first-order valence-corrected chi connectivity index (χ1v) is 3.33. The fourth-order valence-electron chi connectivity index (χ4n) is 0.365. The van der Waals surface area contributed by atoms with Crippen LogP contribution >= 0.6 is 0 Å². The molecule has 0 radical (unpaired) electrons. The molecule has 1 nitrogen and oxygen atoms in total. The van der Waals surface area contributed by atoms with E-state index < -0.39 is 0 Å². The molecule has 1 heteroatoms. The quantitative estimate of drug-likeness (QED) is 0.479. The van der Waals surface area contributed by atoms with Gasteiger partial charge in [0, 0.05) is 0 Å². The lowest BCUT2D eigenvalue weighted by Gasteiger charge is -2.32. The number of hydrogen-bond acceptors (Lipinski definition) is 0. The van der Waals surface area contributed by atoms with E-state index in [1.54, 1.807) is 0 Å². The maximum Gasteiger partial charge on any atom is 0.0829 e. The zero-order valence-electron chi connectivity index (χ0n) is 6.73. The summed E-state index contributed by atoms with van der Waals surface area (Å²) in [6.45, 7) is 7.95. The molecule has 8 heavy (non-hydrogen) atoms. The number of hydrogen-bond donors (Lipinski definition) is 0. The van der Waals surface area contributed by atoms with Gasteiger partial charge in [-0.3, -0.25) is 0 Å². The molecule has 0 saturated carbocycles. The lowest BCUT2D eigenvalue weighted by atomic mass is 10.3. The van der Waals surface area contributed by atoms with Gasteiger partial charge in [0.25, 0.3) is 0 Å². The molecule has 0 spiro atoms. The molecule has 0 saturated heterocycles. The molecule has 50 valence electrons. The second-order valence-corrected chi connectivity index (χ2v) is 3.19. The molecule has 0 bridgehead atoms. The lowest BCUT2D eigenvalue weighted by Crippen LogP contribution is -2.45. The van der Waals surface area contributed by atoms with Crippen LogP contribution in [0.5, 0.6) is 0 Å². The average Bonchev–Trinajstić information content (AvgIpc) is 1.67. The van der Waals surface area contributed by atoms with E-state index >= 15 is 0 Å². The van der Waals surface area contributed by atoms with Gasteiger partial charge in [0.05, 0.1) is 26.7 Å². The first-order chi connectivity index (χ1) is 3.50. The molecule has 0 atom stereocenters. The Kier molecular flexibility index (Phi) is 2.48. The standard InChI is InChI=1S/C7H18N/c1-6-8(4,5)7(2)3/h7H,6H2,1-5H3/q+1. The number of quaternary nitrogens is 1. The molecule has 0 aromatic heterocycles. The van der Waals surface area contributed by atoms with E-state index in [-0.39, 0.29) is 0 Å². The van der Waals surface area contributed by atoms with Crippen LogP contribution in [0.4, 0.5) is 0 Å². The van der Waals surface area contributed by atoms with E-state index in [9.17, 15) is 0 Å². The summed E-state index contributed by atoms with van der Waals surface area (Å²) in [4.78, 5) is 0. The van der Waals surface area contributed by atoms with Crippen LogP contribution in [0, 0.1) is 0 Å². The van der Waals surface area contributed by atoms with Gasteiger partial charge in [0.1, 0.15) is 0 Å². The number of nitrogens with zero attached hydrogens (tertiary/aromatic N) is 1. The fourth-order valence-corrected chi connectivity index (χ4v) is 0.365. The SMILES string of the molecule is CC[N+](C)(C)C(C)C. The molecule has 0 aliphatic heterocycles. The molecular weight excluding hydrogens is 98.1 g/mol. The Hall–Kier alpha value is -0.0400. The van der Waals surface area contributed by atoms with Crippen molar-refractivity contribution in [2.45, 2.75) is 26.8 Å². The molecule has 0 N–H and O–H groups in total. The summed E-state index contributed by atoms with van der Waals surface area (Å²) < 4.78 is 1.12. The molecular formula is C7H18N+. The van der Waals surface area contributed by atoms with Gasteiger partial charge in [-0.15, -0.1) is 0 Å². The van der Waals surface area contributed by atoms with Crippen molar-refractivity contribution in [3.63, 3.8) is 0 Å². The van der Waals surface area contributed by atoms with E-state index in [4.69, 9.17) is 0 Å². The minimum Gasteiger partial charge on any atom is -0.327 e. The van der Waals surface area contributed by atoms with Crippen molar-refractivity contribution in [1.29, 1.82) is 0 Å². The van der Waals surface area contributed by atoms with Crippen LogP contribution < -0.4 is 0 Å². The Balaban J connectivity index is 3.71. The van der Waals surface area contributed by atoms with Crippen molar-refractivity contribution in [3.05, 3.63) is 0 Å². The Morgan fingerprint density at radius 2 is 1.62 bits per heavy atom. The monoisotopic (exact) mass is 116 g/mol. The first kappa shape index (κ1) is 7.96. The van der Waals surface area contributed by atoms with Crippen molar-refractivity contribution in [3.8, 4) is 0 Å². The van der Waals surface area contributed by atoms with Crippen molar-refractivity contribution in [1.82, 2.24) is 0 Å². The maximum absolute atomic E-state index is 2.25. The zero-order chi connectivity index (χ0) is 6.78. The molecule has 0 aliphatic rings. The molecule has 0 unspecified atom stereocenters. The Bertz CT molecular complexity index is 64.8. The third kappa shape index (κ3) is 1.83. The van der Waals surface area contributed by atoms with Crippen molar-refractivity contribution in [2.24, 2.45) is 0 Å². The normalized spacial score (nSPS) is 12.8. The van der Waals surface area contributed by atoms with Crippen LogP contribution in [0.3, 0.4) is 0 Å². The predicted octanol–water partition coefficient (Wildman–Crippen LogP) is 1.49. The van der Waals surface area contributed by atoms with Gasteiger partial charge >= 0.3 is 0 Å². The van der Waals surface area contributed by atoms with Crippen molar-refractivity contribution >= 4 is 0 Å². The molecule has 0 aliphatic carbocycles. The summed E-state index contributed by atoms with van der Waals surface area (Å²) in [5.41, 5.74) is 0. The fraction of sp³-hybridized carbons (Fsp3) is 1.00. The summed E-state index contributed by atoms with van der Waals surface area (Å²) in [5, 5.41) is 0. The molecule has 0 amide bonds. The second-order valence-electron chi connectivity index (χ2n) is 3.19. The lowest BCUT2D eigenvalue weighted by molar-refractivity contribution is -0.909. The minimum atomic E-state index is 0.750. The van der Waals surface area contributed by atoms with Gasteiger partial charge in [-0.2, -0.15) is 0 Å². The molecule has 0 aromatic carbocycles. The van der Waals surface area contributed by atoms with Gasteiger partial charge in [-0.1, -0.05) is 0 Å². The summed E-state index contributed by atoms with van der Waals surface area (Å²) in [5.74, 6) is 0. The highest BCUT2D eigenvalue weighted by Crippen LogP contribution is 2.02. The van der Waals surface area contributed by atoms with E-state index in [1.807, 2.05) is 0 Å². The minimum absolute atomic E-state index is 0.750. The highest BCUT2D eigenvalue weighted by molar-refractivity contribution is 4.35. The highest BCUT2D eigenvalue weighted by atomic mass is 15.3. The largest absolute Gasteiger partial charge is 0.327 e. The Morgan fingerprint density at radius 1 is 1.25 bits per heavy atom. The van der Waals surface area contributed by atoms with E-state index in [0.29, 0.717) is 0 Å². The molecule has 0 aromatic rings. The molecule has 0 fully saturated rings. The Morgan fingerprint density at radius 3 is 1.62 bits per heavy atom. The van der Waals surface area contributed by atoms with E-state index in [1.165, 1.54) is 6.54 Å². The van der Waals surface area contributed by atoms with Gasteiger partial charge in [-0.05, 0) is 20.8 Å². The van der Waals surface area contributed by atoms with Crippen LogP contribution in [-0.2, 0) is 0 Å². The van der Waals surface area contributed by atoms with Crippen LogP contribution in [0.25, 0.3) is 0 Å². The van der Waals surface area contributed by atoms with E-state index in [2.05, 4.69) is 34.9 Å². The second kappa shape index (κ2) is 2.49. The van der Waals surface area contributed by atoms with Gasteiger partial charge in [0.2, 0.25) is 0 Å². The summed E-state index contributed by atoms with van der Waals surface area (Å²) in [7, 11) is 4.51. The predicted molar refractivity (Wildman–Crippen MR) is 37.8 cm³/mol. The molecule has 0 heterocycles. The summed E-state index contributed by atoms with van der Waals surface area (Å²) >= 11 is 0. The van der Waals surface area contributed by atoms with Crippen LogP contribution in [0.15, 0.2) is 0 Å². The van der Waals surface area contributed by atoms with Gasteiger partial charge in [0.15, 0.2) is 0 Å². The first-order valence-electron chi connectivity index (χ1n) is 3.33. The number of rotatable bonds is 2. The summed E-state index contributed by atoms with van der Waals surface area (Å²) in [6.07, 6.45) is 0. The van der Waals surface area contributed by atoms with Crippen LogP contribution in [-0.4, -0.2) is 31.2 Å². The summed E-state index contributed by atoms with van der Waals surface area (Å²) in [6, 6.07) is 0.750. The van der Waals surface area contributed by atoms with Gasteiger partial charge < -0.3 is 4.48 Å². The highest BCUT2D eigenvalue weighted by Gasteiger charge is 2.15. The maximum atomic E-state index is 2.25. The van der Waals surface area contributed by atoms with E-state index in [0.717, 1.165) is 10.5 Å². The third-order valence-electron chi connectivity index (χ3n) is 2.21. The average molecular weight is 116 g/mol. The van der Waals surface area contributed by atoms with Crippen LogP contribution in [0.2, 0.25) is 0 Å². The smallest absolute Gasteiger partial charge is 0.0829 e. The van der Waals surface area contributed by atoms with Crippen molar-refractivity contribution in [2.75, 3.05) is 20.6 Å². The Labute approximate surface area is 52.9 Å². The zero-order valence-corrected chi connectivity index (χ0v) is 6.73. The molecule has 0 rings (SSSR count). The van der Waals surface area contributed by atoms with Crippen molar-refractivity contribution < 1.29 is 4.48 Å². The third-order valence-corrected chi connectivity index (χ3v) is 2.21.